The predicted octanol–water partition coefficient (Wildman–Crippen LogP) is 3.06. The summed E-state index contributed by atoms with van der Waals surface area (Å²) >= 11 is 6.05. The predicted molar refractivity (Wildman–Crippen MR) is 61.3 cm³/mol. The van der Waals surface area contributed by atoms with Crippen LogP contribution in [-0.4, -0.2) is 13.1 Å². The highest BCUT2D eigenvalue weighted by molar-refractivity contribution is 6.30. The number of benzene rings is 1. The molecule has 0 fully saturated rings. The first-order valence-corrected chi connectivity index (χ1v) is 5.20. The summed E-state index contributed by atoms with van der Waals surface area (Å²) in [7, 11) is 1.34. The summed E-state index contributed by atoms with van der Waals surface area (Å²) in [4.78, 5) is 11.3. The van der Waals surface area contributed by atoms with Crippen molar-refractivity contribution in [3.63, 3.8) is 0 Å². The molecule has 1 aromatic rings. The van der Waals surface area contributed by atoms with E-state index in [1.54, 1.807) is 0 Å². The summed E-state index contributed by atoms with van der Waals surface area (Å²) in [5.41, 5.74) is 4.08. The number of hydrogen-bond donors (Lipinski definition) is 0. The van der Waals surface area contributed by atoms with Crippen LogP contribution in [0.5, 0.6) is 0 Å². The maximum atomic E-state index is 11.3. The highest BCUT2D eigenvalue weighted by Gasteiger charge is 2.21. The smallest absolute Gasteiger partial charge is 0.328 e. The molecule has 0 amide bonds. The van der Waals surface area contributed by atoms with Gasteiger partial charge in [-0.25, -0.2) is 0 Å². The Balaban J connectivity index is 3.19. The summed E-state index contributed by atoms with van der Waals surface area (Å²) in [6.07, 6.45) is 0. The summed E-state index contributed by atoms with van der Waals surface area (Å²) in [6.45, 7) is 5.92. The van der Waals surface area contributed by atoms with Crippen LogP contribution in [0.15, 0.2) is 12.1 Å². The van der Waals surface area contributed by atoms with Gasteiger partial charge >= 0.3 is 5.97 Å². The molecule has 1 aromatic carbocycles. The molecule has 3 heteroatoms. The highest BCUT2D eigenvalue weighted by Crippen LogP contribution is 2.29. The van der Waals surface area contributed by atoms with Crippen molar-refractivity contribution < 1.29 is 9.53 Å². The highest BCUT2D eigenvalue weighted by atomic mass is 35.5. The van der Waals surface area contributed by atoms with Crippen molar-refractivity contribution in [1.82, 2.24) is 0 Å². The first-order chi connectivity index (χ1) is 6.97. The van der Waals surface area contributed by atoms with E-state index >= 15 is 0 Å². The first-order valence-electron chi connectivity index (χ1n) is 4.77. The van der Waals surface area contributed by atoms with E-state index in [1.807, 2.05) is 32.9 Å². The Morgan fingerprint density at radius 3 is 2.13 bits per heavy atom. The lowest BCUT2D eigenvalue weighted by Crippen LogP contribution is -2.11. The normalized spacial score (nSPS) is 12.3. The lowest BCUT2D eigenvalue weighted by atomic mass is 9.97. The topological polar surface area (TPSA) is 26.3 Å². The summed E-state index contributed by atoms with van der Waals surface area (Å²) < 4.78 is 4.64. The number of methoxy groups -OCH3 is 1. The van der Waals surface area contributed by atoms with E-state index < -0.39 is 11.3 Å². The molecule has 0 aliphatic heterocycles. The zero-order chi connectivity index (χ0) is 11.6. The van der Waals surface area contributed by atoms with Gasteiger partial charge in [0.05, 0.1) is 7.11 Å². The van der Waals surface area contributed by atoms with E-state index in [9.17, 15) is 4.79 Å². The van der Waals surface area contributed by atoms with Crippen molar-refractivity contribution in [3.8, 4) is 0 Å². The van der Waals surface area contributed by atoms with Crippen molar-refractivity contribution in [1.29, 1.82) is 0 Å². The second-order valence-electron chi connectivity index (χ2n) is 3.70. The van der Waals surface area contributed by atoms with Crippen molar-refractivity contribution >= 4 is 17.6 Å². The van der Waals surface area contributed by atoms with Crippen LogP contribution < -0.4 is 0 Å². The number of esters is 1. The minimum absolute atomic E-state index is 0.410. The van der Waals surface area contributed by atoms with Crippen molar-refractivity contribution in [3.05, 3.63) is 34.4 Å². The third-order valence-electron chi connectivity index (χ3n) is 2.40. The second-order valence-corrected chi connectivity index (χ2v) is 4.13. The Labute approximate surface area is 95.2 Å². The molecule has 0 aromatic heterocycles. The Kier molecular flexibility index (Phi) is 3.75. The number of hydrogen-bond acceptors (Lipinski definition) is 2. The van der Waals surface area contributed by atoms with E-state index in [0.717, 1.165) is 16.7 Å². The molecular formula is C12H15ClO2. The van der Waals surface area contributed by atoms with E-state index in [-0.39, 0.29) is 0 Å². The minimum atomic E-state index is -0.712. The number of carbonyl (C=O) groups is 1. The summed E-state index contributed by atoms with van der Waals surface area (Å²) in [5, 5.41) is -0.712. The molecule has 1 unspecified atom stereocenters. The first kappa shape index (κ1) is 12.1. The molecule has 0 saturated heterocycles. The fraction of sp³-hybridized carbons (Fsp3) is 0.417. The lowest BCUT2D eigenvalue weighted by Gasteiger charge is -2.14. The van der Waals surface area contributed by atoms with E-state index in [2.05, 4.69) is 4.74 Å². The molecule has 0 aliphatic rings. The van der Waals surface area contributed by atoms with E-state index in [4.69, 9.17) is 11.6 Å². The van der Waals surface area contributed by atoms with Gasteiger partial charge in [-0.2, -0.15) is 0 Å². The van der Waals surface area contributed by atoms with Gasteiger partial charge in [-0.15, -0.1) is 11.6 Å². The van der Waals surface area contributed by atoms with Gasteiger partial charge in [0, 0.05) is 0 Å². The number of ether oxygens (including phenoxy) is 1. The summed E-state index contributed by atoms with van der Waals surface area (Å²) in [5.74, 6) is -0.410. The molecule has 15 heavy (non-hydrogen) atoms. The van der Waals surface area contributed by atoms with Crippen LogP contribution in [0.25, 0.3) is 0 Å². The molecule has 0 radical (unpaired) electrons. The number of halogens is 1. The van der Waals surface area contributed by atoms with Gasteiger partial charge in [-0.3, -0.25) is 4.79 Å². The molecule has 0 bridgehead atoms. The molecule has 0 spiro atoms. The van der Waals surface area contributed by atoms with Crippen LogP contribution in [0, 0.1) is 20.8 Å². The number of alkyl halides is 1. The van der Waals surface area contributed by atoms with Crippen LogP contribution in [-0.2, 0) is 9.53 Å². The van der Waals surface area contributed by atoms with Crippen LogP contribution >= 0.6 is 11.6 Å². The zero-order valence-electron chi connectivity index (χ0n) is 9.43. The van der Waals surface area contributed by atoms with Crippen molar-refractivity contribution in [2.24, 2.45) is 0 Å². The van der Waals surface area contributed by atoms with E-state index in [0.29, 0.717) is 0 Å². The Bertz CT molecular complexity index is 362. The lowest BCUT2D eigenvalue weighted by molar-refractivity contribution is -0.140. The molecule has 0 saturated carbocycles. The van der Waals surface area contributed by atoms with Gasteiger partial charge in [0.15, 0.2) is 5.38 Å². The summed E-state index contributed by atoms with van der Waals surface area (Å²) in [6, 6.07) is 4.03. The zero-order valence-corrected chi connectivity index (χ0v) is 10.2. The van der Waals surface area contributed by atoms with Crippen LogP contribution in [0.4, 0.5) is 0 Å². The number of aryl methyl sites for hydroxylation is 3. The average Bonchev–Trinajstić information content (AvgIpc) is 2.14. The van der Waals surface area contributed by atoms with Crippen LogP contribution in [0.3, 0.4) is 0 Å². The monoisotopic (exact) mass is 226 g/mol. The Hall–Kier alpha value is -1.02. The van der Waals surface area contributed by atoms with Gasteiger partial charge in [-0.1, -0.05) is 17.7 Å². The molecular weight excluding hydrogens is 212 g/mol. The number of carbonyl (C=O) groups excluding carboxylic acids is 1. The average molecular weight is 227 g/mol. The quantitative estimate of drug-likeness (QED) is 0.572. The largest absolute Gasteiger partial charge is 0.468 e. The second kappa shape index (κ2) is 4.67. The fourth-order valence-electron chi connectivity index (χ4n) is 1.81. The van der Waals surface area contributed by atoms with Gasteiger partial charge < -0.3 is 4.74 Å². The van der Waals surface area contributed by atoms with Crippen molar-refractivity contribution in [2.45, 2.75) is 26.1 Å². The van der Waals surface area contributed by atoms with Gasteiger partial charge in [0.1, 0.15) is 0 Å². The third kappa shape index (κ3) is 2.51. The molecule has 1 rings (SSSR count). The standard InChI is InChI=1S/C12H15ClO2/c1-7-5-8(2)10(9(3)6-7)11(13)12(14)15-4/h5-6,11H,1-4H3. The van der Waals surface area contributed by atoms with Gasteiger partial charge in [-0.05, 0) is 37.5 Å². The van der Waals surface area contributed by atoms with E-state index in [1.165, 1.54) is 12.7 Å². The Morgan fingerprint density at radius 1 is 1.27 bits per heavy atom. The SMILES string of the molecule is COC(=O)C(Cl)c1c(C)cc(C)cc1C. The number of rotatable bonds is 2. The minimum Gasteiger partial charge on any atom is -0.468 e. The third-order valence-corrected chi connectivity index (χ3v) is 2.80. The molecule has 82 valence electrons. The van der Waals surface area contributed by atoms with Gasteiger partial charge in [0.25, 0.3) is 0 Å². The van der Waals surface area contributed by atoms with Gasteiger partial charge in [0.2, 0.25) is 0 Å². The van der Waals surface area contributed by atoms with Crippen LogP contribution in [0.2, 0.25) is 0 Å². The molecule has 0 aliphatic carbocycles. The molecule has 0 N–H and O–H groups in total. The molecule has 1 atom stereocenters. The maximum absolute atomic E-state index is 11.3. The Morgan fingerprint density at radius 2 is 1.73 bits per heavy atom. The van der Waals surface area contributed by atoms with Crippen molar-refractivity contribution in [2.75, 3.05) is 7.11 Å². The molecule has 0 heterocycles. The molecule has 2 nitrogen and oxygen atoms in total. The fourth-order valence-corrected chi connectivity index (χ4v) is 2.25. The maximum Gasteiger partial charge on any atom is 0.328 e. The van der Waals surface area contributed by atoms with Crippen LogP contribution in [0.1, 0.15) is 27.6 Å².